The Balaban J connectivity index is 1.64. The molecule has 2 atom stereocenters. The zero-order valence-electron chi connectivity index (χ0n) is 23.1. The molecule has 2 aromatic carbocycles. The first-order valence-corrected chi connectivity index (χ1v) is 13.8. The first-order valence-electron chi connectivity index (χ1n) is 13.8. The molecule has 1 aliphatic heterocycles. The number of nitrogens with zero attached hydrogens (tertiary/aromatic N) is 3. The summed E-state index contributed by atoms with van der Waals surface area (Å²) in [4.78, 5) is 10.0. The molecule has 5 heteroatoms. The fourth-order valence-electron chi connectivity index (χ4n) is 5.18. The summed E-state index contributed by atoms with van der Waals surface area (Å²) in [7, 11) is 4.00. The van der Waals surface area contributed by atoms with E-state index < -0.39 is 0 Å². The van der Waals surface area contributed by atoms with Crippen molar-refractivity contribution in [3.05, 3.63) is 70.8 Å². The number of aliphatic hydroxyl groups is 1. The number of likely N-dealkylation sites (tertiary alicyclic amines) is 1. The van der Waals surface area contributed by atoms with Gasteiger partial charge in [-0.05, 0) is 55.7 Å². The van der Waals surface area contributed by atoms with Gasteiger partial charge in [0.25, 0.3) is 0 Å². The van der Waals surface area contributed by atoms with Gasteiger partial charge in [0.1, 0.15) is 6.23 Å². The molecule has 1 N–H and O–H groups in total. The van der Waals surface area contributed by atoms with Crippen molar-refractivity contribution in [1.29, 1.82) is 0 Å². The largest absolute Gasteiger partial charge is 0.392 e. The molecule has 2 aromatic rings. The summed E-state index contributed by atoms with van der Waals surface area (Å²) >= 11 is 0. The van der Waals surface area contributed by atoms with E-state index in [1.54, 1.807) is 0 Å². The molecule has 0 saturated carbocycles. The van der Waals surface area contributed by atoms with E-state index in [1.165, 1.54) is 35.4 Å². The van der Waals surface area contributed by atoms with Gasteiger partial charge in [0.15, 0.2) is 0 Å². The number of aryl methyl sites for hydroxylation is 1. The maximum Gasteiger partial charge on any atom is 0.127 e. The van der Waals surface area contributed by atoms with Crippen LogP contribution in [0.5, 0.6) is 0 Å². The van der Waals surface area contributed by atoms with Gasteiger partial charge in [0.2, 0.25) is 0 Å². The van der Waals surface area contributed by atoms with Crippen molar-refractivity contribution in [2.75, 3.05) is 33.8 Å². The van der Waals surface area contributed by atoms with Crippen LogP contribution >= 0.6 is 0 Å². The van der Waals surface area contributed by atoms with Crippen LogP contribution < -0.4 is 0 Å². The van der Waals surface area contributed by atoms with Crippen LogP contribution in [0.1, 0.15) is 86.6 Å². The summed E-state index contributed by atoms with van der Waals surface area (Å²) in [6.45, 7) is 9.53. The zero-order valence-corrected chi connectivity index (χ0v) is 23.1. The third-order valence-electron chi connectivity index (χ3n) is 7.59. The molecule has 2 unspecified atom stereocenters. The summed E-state index contributed by atoms with van der Waals surface area (Å²) in [5, 5.41) is 9.50. The number of aliphatic hydroxyl groups excluding tert-OH is 1. The second-order valence-electron chi connectivity index (χ2n) is 10.4. The van der Waals surface area contributed by atoms with Crippen LogP contribution in [0.25, 0.3) is 0 Å². The Labute approximate surface area is 219 Å². The molecule has 198 valence electrons. The van der Waals surface area contributed by atoms with Crippen LogP contribution in [0.2, 0.25) is 0 Å². The Kier molecular flexibility index (Phi) is 11.4. The lowest BCUT2D eigenvalue weighted by atomic mass is 9.88. The third kappa shape index (κ3) is 8.16. The molecular formula is C31H47N3O2. The fourth-order valence-corrected chi connectivity index (χ4v) is 5.18. The Bertz CT molecular complexity index is 935. The van der Waals surface area contributed by atoms with Gasteiger partial charge in [0, 0.05) is 33.7 Å². The molecule has 0 spiro atoms. The van der Waals surface area contributed by atoms with Gasteiger partial charge in [-0.3, -0.25) is 9.89 Å². The van der Waals surface area contributed by atoms with Gasteiger partial charge in [-0.2, -0.15) is 0 Å². The van der Waals surface area contributed by atoms with E-state index in [0.717, 1.165) is 50.9 Å². The van der Waals surface area contributed by atoms with Crippen molar-refractivity contribution < 1.29 is 9.84 Å². The molecule has 36 heavy (non-hydrogen) atoms. The summed E-state index contributed by atoms with van der Waals surface area (Å²) in [5.41, 5.74) is 4.89. The number of hydrogen-bond donors (Lipinski definition) is 1. The SMILES string of the molecule is CCCCCC(=NC(C)c1ccc(C)cc1)N(C)CC(OC)N1CCC(c2cccc(CO)c2)CC1. The lowest BCUT2D eigenvalue weighted by molar-refractivity contribution is -0.0512. The number of hydrogen-bond acceptors (Lipinski definition) is 4. The normalized spacial score (nSPS) is 17.2. The standard InChI is InChI=1S/C31H47N3O2/c1-6-7-8-12-30(32-25(3)27-15-13-24(2)14-16-27)33(4)22-31(36-5)34-19-17-28(18-20-34)29-11-9-10-26(21-29)23-35/h9-11,13-16,21,25,28,31,35H,6-8,12,17-20,22-23H2,1-5H3. The first-order chi connectivity index (χ1) is 17.4. The zero-order chi connectivity index (χ0) is 25.9. The maximum atomic E-state index is 9.50. The molecule has 1 heterocycles. The lowest BCUT2D eigenvalue weighted by Crippen LogP contribution is -2.48. The number of aliphatic imine (C=N–C) groups is 1. The van der Waals surface area contributed by atoms with Gasteiger partial charge in [0.05, 0.1) is 25.0 Å². The molecular weight excluding hydrogens is 446 g/mol. The van der Waals surface area contributed by atoms with Crippen molar-refractivity contribution in [3.63, 3.8) is 0 Å². The highest BCUT2D eigenvalue weighted by Crippen LogP contribution is 2.30. The molecule has 0 radical (unpaired) electrons. The van der Waals surface area contributed by atoms with Crippen molar-refractivity contribution in [3.8, 4) is 0 Å². The van der Waals surface area contributed by atoms with Crippen LogP contribution in [0.3, 0.4) is 0 Å². The molecule has 1 aliphatic rings. The number of piperidine rings is 1. The number of methoxy groups -OCH3 is 1. The summed E-state index contributed by atoms with van der Waals surface area (Å²) in [5.74, 6) is 1.72. The highest BCUT2D eigenvalue weighted by molar-refractivity contribution is 5.82. The van der Waals surface area contributed by atoms with Crippen LogP contribution in [-0.4, -0.2) is 60.8 Å². The summed E-state index contributed by atoms with van der Waals surface area (Å²) in [6, 6.07) is 17.3. The molecule has 1 fully saturated rings. The molecule has 0 bridgehead atoms. The highest BCUT2D eigenvalue weighted by Gasteiger charge is 2.27. The number of ether oxygens (including phenoxy) is 1. The van der Waals surface area contributed by atoms with Crippen molar-refractivity contribution in [2.45, 2.75) is 84.1 Å². The number of amidine groups is 1. The Morgan fingerprint density at radius 1 is 1.14 bits per heavy atom. The van der Waals surface area contributed by atoms with Gasteiger partial charge < -0.3 is 14.7 Å². The van der Waals surface area contributed by atoms with E-state index in [0.29, 0.717) is 5.92 Å². The quantitative estimate of drug-likeness (QED) is 0.214. The Morgan fingerprint density at radius 2 is 1.86 bits per heavy atom. The average Bonchev–Trinajstić information content (AvgIpc) is 2.91. The minimum Gasteiger partial charge on any atom is -0.392 e. The van der Waals surface area contributed by atoms with Crippen molar-refractivity contribution in [2.24, 2.45) is 4.99 Å². The highest BCUT2D eigenvalue weighted by atomic mass is 16.5. The van der Waals surface area contributed by atoms with Gasteiger partial charge in [-0.1, -0.05) is 73.9 Å². The van der Waals surface area contributed by atoms with Gasteiger partial charge >= 0.3 is 0 Å². The molecule has 3 rings (SSSR count). The summed E-state index contributed by atoms with van der Waals surface area (Å²) < 4.78 is 6.01. The minimum atomic E-state index is 0.0470. The molecule has 0 aliphatic carbocycles. The number of benzene rings is 2. The smallest absolute Gasteiger partial charge is 0.127 e. The molecule has 5 nitrogen and oxygen atoms in total. The van der Waals surface area contributed by atoms with Crippen LogP contribution in [0.15, 0.2) is 53.5 Å². The van der Waals surface area contributed by atoms with Crippen molar-refractivity contribution in [1.82, 2.24) is 9.80 Å². The first kappa shape index (κ1) is 28.4. The van der Waals surface area contributed by atoms with Crippen LogP contribution in [0.4, 0.5) is 0 Å². The third-order valence-corrected chi connectivity index (χ3v) is 7.59. The number of rotatable bonds is 12. The van der Waals surface area contributed by atoms with Crippen molar-refractivity contribution >= 4 is 5.84 Å². The number of likely N-dealkylation sites (N-methyl/N-ethyl adjacent to an activating group) is 1. The molecule has 0 amide bonds. The Morgan fingerprint density at radius 3 is 2.50 bits per heavy atom. The summed E-state index contributed by atoms with van der Waals surface area (Å²) in [6.07, 6.45) is 6.87. The topological polar surface area (TPSA) is 48.3 Å². The van der Waals surface area contributed by atoms with Gasteiger partial charge in [-0.25, -0.2) is 0 Å². The monoisotopic (exact) mass is 493 g/mol. The predicted octanol–water partition coefficient (Wildman–Crippen LogP) is 6.31. The van der Waals surface area contributed by atoms with E-state index >= 15 is 0 Å². The Hall–Kier alpha value is -2.21. The molecule has 1 saturated heterocycles. The van der Waals surface area contributed by atoms with E-state index in [-0.39, 0.29) is 18.9 Å². The lowest BCUT2D eigenvalue weighted by Gasteiger charge is -2.39. The average molecular weight is 494 g/mol. The van der Waals surface area contributed by atoms with Crippen LogP contribution in [0, 0.1) is 6.92 Å². The van der Waals surface area contributed by atoms with E-state index in [4.69, 9.17) is 9.73 Å². The second-order valence-corrected chi connectivity index (χ2v) is 10.4. The van der Waals surface area contributed by atoms with E-state index in [1.807, 2.05) is 13.2 Å². The minimum absolute atomic E-state index is 0.0470. The second kappa shape index (κ2) is 14.5. The van der Waals surface area contributed by atoms with Crippen LogP contribution in [-0.2, 0) is 11.3 Å². The maximum absolute atomic E-state index is 9.50. The van der Waals surface area contributed by atoms with E-state index in [9.17, 15) is 5.11 Å². The molecule has 0 aromatic heterocycles. The van der Waals surface area contributed by atoms with Gasteiger partial charge in [-0.15, -0.1) is 0 Å². The predicted molar refractivity (Wildman–Crippen MR) is 151 cm³/mol. The number of unbranched alkanes of at least 4 members (excludes halogenated alkanes) is 2. The van der Waals surface area contributed by atoms with E-state index in [2.05, 4.69) is 80.1 Å². The fraction of sp³-hybridized carbons (Fsp3) is 0.581.